The quantitative estimate of drug-likeness (QED) is 0.608. The Hall–Kier alpha value is -1.23. The predicted molar refractivity (Wildman–Crippen MR) is 69.2 cm³/mol. The molecule has 1 aromatic rings. The molecule has 0 heterocycles. The van der Waals surface area contributed by atoms with Crippen molar-refractivity contribution in [2.45, 2.75) is 19.8 Å². The highest BCUT2D eigenvalue weighted by Gasteiger charge is 2.21. The van der Waals surface area contributed by atoms with Gasteiger partial charge < -0.3 is 4.74 Å². The Balaban J connectivity index is 3.24. The standard InChI is InChI=1S/C12H10F2INO2/c1-2-18-11(17)5-8-7(12(13)14)3-4-10(15)9(8)6-16/h3-4,12H,2,5H2,1H3. The van der Waals surface area contributed by atoms with Gasteiger partial charge in [-0.25, -0.2) is 8.78 Å². The average molecular weight is 365 g/mol. The number of hydrogen-bond donors (Lipinski definition) is 0. The number of ether oxygens (including phenoxy) is 1. The average Bonchev–Trinajstić information content (AvgIpc) is 2.29. The number of nitriles is 1. The molecule has 0 atom stereocenters. The molecule has 0 aliphatic carbocycles. The summed E-state index contributed by atoms with van der Waals surface area (Å²) in [6.45, 7) is 1.81. The number of benzene rings is 1. The maximum absolute atomic E-state index is 12.8. The first-order valence-electron chi connectivity index (χ1n) is 5.16. The first-order valence-corrected chi connectivity index (χ1v) is 6.24. The summed E-state index contributed by atoms with van der Waals surface area (Å²) in [6, 6.07) is 4.54. The third kappa shape index (κ3) is 3.38. The third-order valence-electron chi connectivity index (χ3n) is 2.27. The van der Waals surface area contributed by atoms with Gasteiger partial charge in [-0.3, -0.25) is 4.79 Å². The fourth-order valence-corrected chi connectivity index (χ4v) is 2.13. The maximum atomic E-state index is 12.8. The van der Waals surface area contributed by atoms with Crippen LogP contribution < -0.4 is 0 Å². The van der Waals surface area contributed by atoms with E-state index in [1.165, 1.54) is 12.1 Å². The van der Waals surface area contributed by atoms with E-state index in [9.17, 15) is 13.6 Å². The minimum absolute atomic E-state index is 0.0536. The Labute approximate surface area is 117 Å². The van der Waals surface area contributed by atoms with E-state index in [4.69, 9.17) is 10.00 Å². The van der Waals surface area contributed by atoms with Crippen LogP contribution in [0.15, 0.2) is 12.1 Å². The summed E-state index contributed by atoms with van der Waals surface area (Å²) in [4.78, 5) is 11.4. The SMILES string of the molecule is CCOC(=O)Cc1c(C(F)F)ccc(I)c1C#N. The van der Waals surface area contributed by atoms with Crippen molar-refractivity contribution in [2.75, 3.05) is 6.61 Å². The van der Waals surface area contributed by atoms with Gasteiger partial charge in [0, 0.05) is 9.13 Å². The molecule has 0 N–H and O–H groups in total. The van der Waals surface area contributed by atoms with Crippen LogP contribution in [0.25, 0.3) is 0 Å². The Bertz CT molecular complexity index is 498. The molecule has 0 radical (unpaired) electrons. The van der Waals surface area contributed by atoms with Crippen molar-refractivity contribution in [3.05, 3.63) is 32.4 Å². The molecule has 0 aliphatic rings. The number of rotatable bonds is 4. The molecule has 0 spiro atoms. The highest BCUT2D eigenvalue weighted by atomic mass is 127. The minimum atomic E-state index is -2.72. The molecule has 1 aromatic carbocycles. The lowest BCUT2D eigenvalue weighted by molar-refractivity contribution is -0.142. The van der Waals surface area contributed by atoms with Crippen molar-refractivity contribution in [1.82, 2.24) is 0 Å². The Kier molecular flexibility index (Phi) is 5.47. The smallest absolute Gasteiger partial charge is 0.310 e. The monoisotopic (exact) mass is 365 g/mol. The van der Waals surface area contributed by atoms with Gasteiger partial charge >= 0.3 is 5.97 Å². The van der Waals surface area contributed by atoms with Crippen LogP contribution in [0.2, 0.25) is 0 Å². The van der Waals surface area contributed by atoms with Gasteiger partial charge in [-0.1, -0.05) is 6.07 Å². The summed E-state index contributed by atoms with van der Waals surface area (Å²) >= 11 is 1.87. The number of carbonyl (C=O) groups is 1. The number of alkyl halides is 2. The van der Waals surface area contributed by atoms with Crippen LogP contribution in [0, 0.1) is 14.9 Å². The molecule has 0 aliphatic heterocycles. The van der Waals surface area contributed by atoms with Gasteiger partial charge in [0.1, 0.15) is 6.07 Å². The van der Waals surface area contributed by atoms with Gasteiger partial charge in [0.2, 0.25) is 0 Å². The van der Waals surface area contributed by atoms with Crippen LogP contribution in [0.3, 0.4) is 0 Å². The van der Waals surface area contributed by atoms with Gasteiger partial charge in [0.05, 0.1) is 18.6 Å². The van der Waals surface area contributed by atoms with Crippen molar-refractivity contribution in [3.63, 3.8) is 0 Å². The predicted octanol–water partition coefficient (Wildman–Crippen LogP) is 3.21. The largest absolute Gasteiger partial charge is 0.466 e. The molecule has 0 aromatic heterocycles. The Morgan fingerprint density at radius 1 is 1.56 bits per heavy atom. The second kappa shape index (κ2) is 6.64. The second-order valence-electron chi connectivity index (χ2n) is 3.38. The van der Waals surface area contributed by atoms with Crippen molar-refractivity contribution >= 4 is 28.6 Å². The first kappa shape index (κ1) is 14.8. The molecule has 96 valence electrons. The van der Waals surface area contributed by atoms with Gasteiger partial charge in [-0.2, -0.15) is 5.26 Å². The zero-order valence-corrected chi connectivity index (χ0v) is 11.7. The topological polar surface area (TPSA) is 50.1 Å². The van der Waals surface area contributed by atoms with Gasteiger partial charge in [-0.05, 0) is 41.1 Å². The number of hydrogen-bond acceptors (Lipinski definition) is 3. The highest BCUT2D eigenvalue weighted by Crippen LogP contribution is 2.28. The molecule has 1 rings (SSSR count). The molecule has 6 heteroatoms. The van der Waals surface area contributed by atoms with E-state index in [1.54, 1.807) is 6.92 Å². The summed E-state index contributed by atoms with van der Waals surface area (Å²) in [6.07, 6.45) is -3.04. The highest BCUT2D eigenvalue weighted by molar-refractivity contribution is 14.1. The molecule has 0 unspecified atom stereocenters. The summed E-state index contributed by atoms with van der Waals surface area (Å²) in [5.74, 6) is -0.613. The van der Waals surface area contributed by atoms with Crippen LogP contribution in [0.4, 0.5) is 8.78 Å². The lowest BCUT2D eigenvalue weighted by atomic mass is 9.99. The number of esters is 1. The normalized spacial score (nSPS) is 10.2. The molecular formula is C12H10F2INO2. The Morgan fingerprint density at radius 2 is 2.22 bits per heavy atom. The number of nitrogens with zero attached hydrogens (tertiary/aromatic N) is 1. The number of halogens is 3. The molecule has 0 fully saturated rings. The van der Waals surface area contributed by atoms with Gasteiger partial charge in [0.25, 0.3) is 6.43 Å². The van der Waals surface area contributed by atoms with Crippen molar-refractivity contribution in [2.24, 2.45) is 0 Å². The molecule has 0 saturated carbocycles. The summed E-state index contributed by atoms with van der Waals surface area (Å²) in [7, 11) is 0. The van der Waals surface area contributed by atoms with E-state index in [0.29, 0.717) is 3.57 Å². The van der Waals surface area contributed by atoms with E-state index in [0.717, 1.165) is 0 Å². The minimum Gasteiger partial charge on any atom is -0.466 e. The fraction of sp³-hybridized carbons (Fsp3) is 0.333. The molecule has 3 nitrogen and oxygen atoms in total. The number of carbonyl (C=O) groups excluding carboxylic acids is 1. The van der Waals surface area contributed by atoms with Crippen LogP contribution in [0.1, 0.15) is 30.0 Å². The molecule has 0 bridgehead atoms. The van der Waals surface area contributed by atoms with Crippen molar-refractivity contribution in [3.8, 4) is 6.07 Å². The van der Waals surface area contributed by atoms with E-state index >= 15 is 0 Å². The van der Waals surface area contributed by atoms with E-state index in [-0.39, 0.29) is 29.7 Å². The van der Waals surface area contributed by atoms with E-state index in [2.05, 4.69) is 0 Å². The lowest BCUT2D eigenvalue weighted by Gasteiger charge is -2.11. The second-order valence-corrected chi connectivity index (χ2v) is 4.55. The van der Waals surface area contributed by atoms with Gasteiger partial charge in [0.15, 0.2) is 0 Å². The van der Waals surface area contributed by atoms with E-state index < -0.39 is 12.4 Å². The Morgan fingerprint density at radius 3 is 2.72 bits per heavy atom. The van der Waals surface area contributed by atoms with Crippen molar-refractivity contribution < 1.29 is 18.3 Å². The van der Waals surface area contributed by atoms with E-state index in [1.807, 2.05) is 28.7 Å². The first-order chi connectivity index (χ1) is 8.51. The van der Waals surface area contributed by atoms with Crippen LogP contribution in [-0.2, 0) is 16.0 Å². The third-order valence-corrected chi connectivity index (χ3v) is 3.17. The molecule has 18 heavy (non-hydrogen) atoms. The molecular weight excluding hydrogens is 355 g/mol. The summed E-state index contributed by atoms with van der Waals surface area (Å²) < 4.78 is 31.0. The molecule has 0 saturated heterocycles. The maximum Gasteiger partial charge on any atom is 0.310 e. The lowest BCUT2D eigenvalue weighted by Crippen LogP contribution is -2.12. The van der Waals surface area contributed by atoms with Crippen LogP contribution >= 0.6 is 22.6 Å². The molecule has 0 amide bonds. The zero-order valence-electron chi connectivity index (χ0n) is 9.54. The van der Waals surface area contributed by atoms with Gasteiger partial charge in [-0.15, -0.1) is 0 Å². The van der Waals surface area contributed by atoms with Crippen LogP contribution in [0.5, 0.6) is 0 Å². The zero-order chi connectivity index (χ0) is 13.7. The fourth-order valence-electron chi connectivity index (χ4n) is 1.51. The van der Waals surface area contributed by atoms with Crippen molar-refractivity contribution in [1.29, 1.82) is 5.26 Å². The van der Waals surface area contributed by atoms with Crippen LogP contribution in [-0.4, -0.2) is 12.6 Å². The summed E-state index contributed by atoms with van der Waals surface area (Å²) in [5.41, 5.74) is -0.126. The summed E-state index contributed by atoms with van der Waals surface area (Å²) in [5, 5.41) is 9.00.